The molecule has 0 saturated heterocycles. The van der Waals surface area contributed by atoms with Gasteiger partial charge in [0.05, 0.1) is 24.8 Å². The minimum absolute atomic E-state index is 0.291. The lowest BCUT2D eigenvalue weighted by Crippen LogP contribution is -2.20. The number of aromatic nitrogens is 3. The quantitative estimate of drug-likeness (QED) is 0.453. The molecule has 0 aliphatic carbocycles. The average Bonchev–Trinajstić information content (AvgIpc) is 3.16. The summed E-state index contributed by atoms with van der Waals surface area (Å²) in [6, 6.07) is 15.2. The van der Waals surface area contributed by atoms with Crippen LogP contribution in [-0.2, 0) is 4.74 Å². The van der Waals surface area contributed by atoms with Gasteiger partial charge in [0.1, 0.15) is 5.75 Å². The third-order valence-corrected chi connectivity index (χ3v) is 5.65. The van der Waals surface area contributed by atoms with Crippen LogP contribution < -0.4 is 4.74 Å². The summed E-state index contributed by atoms with van der Waals surface area (Å²) in [6.07, 6.45) is -0.599. The molecule has 160 valence electrons. The van der Waals surface area contributed by atoms with Crippen LogP contribution in [0.4, 0.5) is 0 Å². The Kier molecular flexibility index (Phi) is 8.16. The standard InChI is InChI=1S/C22H26ClN3O3S/c1-15(2)12-29-13-17(27)14-30-22-25-24-21(19-6-4-5-7-20(19)23)26(22)16-8-10-18(28-3)11-9-16/h4-11,15,17,27H,12-14H2,1-3H3. The largest absolute Gasteiger partial charge is 0.497 e. The first-order valence-corrected chi connectivity index (χ1v) is 11.1. The number of aliphatic hydroxyl groups is 1. The van der Waals surface area contributed by atoms with Gasteiger partial charge in [-0.25, -0.2) is 0 Å². The molecule has 2 aromatic carbocycles. The van der Waals surface area contributed by atoms with Gasteiger partial charge in [0.15, 0.2) is 11.0 Å². The number of nitrogens with zero attached hydrogens (tertiary/aromatic N) is 3. The zero-order valence-electron chi connectivity index (χ0n) is 17.3. The molecule has 0 amide bonds. The van der Waals surface area contributed by atoms with Crippen LogP contribution in [0.25, 0.3) is 17.1 Å². The van der Waals surface area contributed by atoms with Crippen LogP contribution in [0.2, 0.25) is 5.02 Å². The lowest BCUT2D eigenvalue weighted by molar-refractivity contribution is 0.0364. The molecule has 1 unspecified atom stereocenters. The Balaban J connectivity index is 1.87. The molecule has 6 nitrogen and oxygen atoms in total. The Bertz CT molecular complexity index is 947. The first-order chi connectivity index (χ1) is 14.5. The number of hydrogen-bond acceptors (Lipinski definition) is 6. The Morgan fingerprint density at radius 1 is 1.07 bits per heavy atom. The van der Waals surface area contributed by atoms with Gasteiger partial charge in [0.2, 0.25) is 0 Å². The van der Waals surface area contributed by atoms with Crippen molar-refractivity contribution in [3.05, 3.63) is 53.6 Å². The van der Waals surface area contributed by atoms with Crippen LogP contribution in [0.1, 0.15) is 13.8 Å². The molecule has 0 spiro atoms. The number of halogens is 1. The molecule has 1 heterocycles. The fraction of sp³-hybridized carbons (Fsp3) is 0.364. The number of rotatable bonds is 10. The van der Waals surface area contributed by atoms with Crippen molar-refractivity contribution in [2.45, 2.75) is 25.1 Å². The molecule has 8 heteroatoms. The van der Waals surface area contributed by atoms with Gasteiger partial charge >= 0.3 is 0 Å². The molecule has 3 aromatic rings. The van der Waals surface area contributed by atoms with Crippen molar-refractivity contribution in [1.29, 1.82) is 0 Å². The third-order valence-electron chi connectivity index (χ3n) is 4.24. The molecule has 1 N–H and O–H groups in total. The fourth-order valence-electron chi connectivity index (χ4n) is 2.80. The summed E-state index contributed by atoms with van der Waals surface area (Å²) < 4.78 is 12.7. The highest BCUT2D eigenvalue weighted by atomic mass is 35.5. The Morgan fingerprint density at radius 3 is 2.47 bits per heavy atom. The van der Waals surface area contributed by atoms with Crippen LogP contribution >= 0.6 is 23.4 Å². The van der Waals surface area contributed by atoms with E-state index in [0.717, 1.165) is 17.0 Å². The summed E-state index contributed by atoms with van der Waals surface area (Å²) in [5, 5.41) is 20.3. The van der Waals surface area contributed by atoms with Crippen molar-refractivity contribution in [3.8, 4) is 22.8 Å². The van der Waals surface area contributed by atoms with Gasteiger partial charge in [-0.15, -0.1) is 10.2 Å². The van der Waals surface area contributed by atoms with Crippen LogP contribution in [-0.4, -0.2) is 52.1 Å². The molecular formula is C22H26ClN3O3S. The molecule has 30 heavy (non-hydrogen) atoms. The Labute approximate surface area is 186 Å². The monoisotopic (exact) mass is 447 g/mol. The van der Waals surface area contributed by atoms with E-state index in [1.807, 2.05) is 53.1 Å². The highest BCUT2D eigenvalue weighted by molar-refractivity contribution is 7.99. The fourth-order valence-corrected chi connectivity index (χ4v) is 3.88. The first-order valence-electron chi connectivity index (χ1n) is 9.73. The van der Waals surface area contributed by atoms with E-state index < -0.39 is 6.10 Å². The molecule has 0 saturated carbocycles. The van der Waals surface area contributed by atoms with Crippen molar-refractivity contribution >= 4 is 23.4 Å². The predicted octanol–water partition coefficient (Wildman–Crippen LogP) is 4.72. The SMILES string of the molecule is COc1ccc(-n2c(SCC(O)COCC(C)C)nnc2-c2ccccc2Cl)cc1. The molecule has 1 aromatic heterocycles. The van der Waals surface area contributed by atoms with E-state index in [1.165, 1.54) is 11.8 Å². The summed E-state index contributed by atoms with van der Waals surface area (Å²) >= 11 is 7.85. The van der Waals surface area contributed by atoms with E-state index >= 15 is 0 Å². The minimum Gasteiger partial charge on any atom is -0.497 e. The first kappa shape index (κ1) is 22.6. The molecule has 0 aliphatic heterocycles. The van der Waals surface area contributed by atoms with Crippen molar-refractivity contribution < 1.29 is 14.6 Å². The second kappa shape index (κ2) is 10.8. The summed E-state index contributed by atoms with van der Waals surface area (Å²) in [6.45, 7) is 5.07. The number of thioether (sulfide) groups is 1. The second-order valence-electron chi connectivity index (χ2n) is 7.22. The highest BCUT2D eigenvalue weighted by Crippen LogP contribution is 2.32. The Morgan fingerprint density at radius 2 is 1.80 bits per heavy atom. The van der Waals surface area contributed by atoms with E-state index in [2.05, 4.69) is 24.0 Å². The number of aliphatic hydroxyl groups excluding tert-OH is 1. The Hall–Kier alpha value is -2.06. The molecule has 0 aliphatic rings. The summed E-state index contributed by atoms with van der Waals surface area (Å²) in [5.41, 5.74) is 1.67. The van der Waals surface area contributed by atoms with Crippen molar-refractivity contribution in [2.75, 3.05) is 26.1 Å². The minimum atomic E-state index is -0.599. The summed E-state index contributed by atoms with van der Waals surface area (Å²) in [5.74, 6) is 2.27. The van der Waals surface area contributed by atoms with Crippen LogP contribution in [0.15, 0.2) is 53.7 Å². The van der Waals surface area contributed by atoms with Gasteiger partial charge in [-0.2, -0.15) is 0 Å². The normalized spacial score (nSPS) is 12.3. The van der Waals surface area contributed by atoms with Crippen molar-refractivity contribution in [2.24, 2.45) is 5.92 Å². The van der Waals surface area contributed by atoms with Gasteiger partial charge in [-0.1, -0.05) is 49.3 Å². The topological polar surface area (TPSA) is 69.4 Å². The van der Waals surface area contributed by atoms with Gasteiger partial charge in [-0.05, 0) is 42.3 Å². The zero-order valence-corrected chi connectivity index (χ0v) is 18.9. The molecule has 3 rings (SSSR count). The van der Waals surface area contributed by atoms with E-state index in [0.29, 0.717) is 40.9 Å². The summed E-state index contributed by atoms with van der Waals surface area (Å²) in [4.78, 5) is 0. The number of benzene rings is 2. The van der Waals surface area contributed by atoms with Crippen molar-refractivity contribution in [3.63, 3.8) is 0 Å². The van der Waals surface area contributed by atoms with Gasteiger partial charge in [-0.3, -0.25) is 4.57 Å². The van der Waals surface area contributed by atoms with Crippen LogP contribution in [0, 0.1) is 5.92 Å². The maximum Gasteiger partial charge on any atom is 0.196 e. The lowest BCUT2D eigenvalue weighted by atomic mass is 10.2. The van der Waals surface area contributed by atoms with E-state index in [9.17, 15) is 5.11 Å². The lowest BCUT2D eigenvalue weighted by Gasteiger charge is -2.14. The zero-order chi connectivity index (χ0) is 21.5. The highest BCUT2D eigenvalue weighted by Gasteiger charge is 2.19. The average molecular weight is 448 g/mol. The third kappa shape index (κ3) is 5.76. The summed E-state index contributed by atoms with van der Waals surface area (Å²) in [7, 11) is 1.63. The molecule has 0 radical (unpaired) electrons. The molecule has 0 bridgehead atoms. The van der Waals surface area contributed by atoms with Gasteiger partial charge in [0, 0.05) is 23.6 Å². The van der Waals surface area contributed by atoms with Crippen LogP contribution in [0.5, 0.6) is 5.75 Å². The van der Waals surface area contributed by atoms with E-state index in [4.69, 9.17) is 21.1 Å². The molecule has 0 fully saturated rings. The molecular weight excluding hydrogens is 422 g/mol. The maximum absolute atomic E-state index is 10.3. The van der Waals surface area contributed by atoms with Gasteiger partial charge < -0.3 is 14.6 Å². The number of hydrogen-bond donors (Lipinski definition) is 1. The smallest absolute Gasteiger partial charge is 0.196 e. The molecule has 1 atom stereocenters. The van der Waals surface area contributed by atoms with E-state index in [-0.39, 0.29) is 0 Å². The van der Waals surface area contributed by atoms with Crippen molar-refractivity contribution in [1.82, 2.24) is 14.8 Å². The predicted molar refractivity (Wildman–Crippen MR) is 121 cm³/mol. The van der Waals surface area contributed by atoms with Crippen LogP contribution in [0.3, 0.4) is 0 Å². The van der Waals surface area contributed by atoms with Gasteiger partial charge in [0.25, 0.3) is 0 Å². The maximum atomic E-state index is 10.3. The second-order valence-corrected chi connectivity index (χ2v) is 8.61. The number of ether oxygens (including phenoxy) is 2. The van der Waals surface area contributed by atoms with E-state index in [1.54, 1.807) is 7.11 Å². The number of methoxy groups -OCH3 is 1.